The molecule has 2 aromatic rings. The number of carbonyl (C=O) groups excluding carboxylic acids is 2. The fraction of sp³-hybridized carbons (Fsp3) is 0.409. The van der Waals surface area contributed by atoms with Crippen molar-refractivity contribution in [3.63, 3.8) is 0 Å². The molecule has 2 atom stereocenters. The number of thioether (sulfide) groups is 1. The van der Waals surface area contributed by atoms with Crippen LogP contribution in [-0.4, -0.2) is 60.7 Å². The molecular formula is C22H28N4O4S2. The van der Waals surface area contributed by atoms with Crippen molar-refractivity contribution in [2.24, 2.45) is 5.92 Å². The van der Waals surface area contributed by atoms with Gasteiger partial charge in [0.2, 0.25) is 21.8 Å². The Labute approximate surface area is 193 Å². The smallest absolute Gasteiger partial charge is 0.246 e. The Morgan fingerprint density at radius 2 is 1.91 bits per heavy atom. The number of sulfonamides is 1. The van der Waals surface area contributed by atoms with E-state index in [1.54, 1.807) is 66.6 Å². The highest BCUT2D eigenvalue weighted by Gasteiger charge is 2.34. The number of pyridine rings is 1. The molecule has 32 heavy (non-hydrogen) atoms. The molecule has 3 rings (SSSR count). The molecule has 1 fully saturated rings. The molecule has 0 bridgehead atoms. The van der Waals surface area contributed by atoms with Gasteiger partial charge in [0.25, 0.3) is 0 Å². The van der Waals surface area contributed by atoms with E-state index < -0.39 is 22.0 Å². The third kappa shape index (κ3) is 6.30. The fourth-order valence-electron chi connectivity index (χ4n) is 3.57. The van der Waals surface area contributed by atoms with E-state index in [9.17, 15) is 18.0 Å². The van der Waals surface area contributed by atoms with Crippen LogP contribution in [0.2, 0.25) is 0 Å². The number of aromatic nitrogens is 1. The number of piperidine rings is 1. The maximum Gasteiger partial charge on any atom is 0.246 e. The van der Waals surface area contributed by atoms with Gasteiger partial charge in [-0.2, -0.15) is 16.1 Å². The van der Waals surface area contributed by atoms with E-state index in [1.807, 2.05) is 6.26 Å². The Morgan fingerprint density at radius 3 is 2.59 bits per heavy atom. The van der Waals surface area contributed by atoms with Crippen LogP contribution in [0.5, 0.6) is 0 Å². The van der Waals surface area contributed by atoms with Crippen LogP contribution in [-0.2, 0) is 19.6 Å². The molecular weight excluding hydrogens is 448 g/mol. The van der Waals surface area contributed by atoms with Crippen LogP contribution in [0.1, 0.15) is 19.3 Å². The molecule has 1 aliphatic heterocycles. The number of hydrogen-bond donors (Lipinski definition) is 2. The summed E-state index contributed by atoms with van der Waals surface area (Å²) in [5.41, 5.74) is 0.603. The highest BCUT2D eigenvalue weighted by atomic mass is 32.2. The molecule has 0 unspecified atom stereocenters. The van der Waals surface area contributed by atoms with E-state index in [0.717, 1.165) is 0 Å². The normalized spacial score (nSPS) is 18.0. The molecule has 0 aliphatic carbocycles. The number of rotatable bonds is 9. The van der Waals surface area contributed by atoms with Crippen molar-refractivity contribution < 1.29 is 18.0 Å². The minimum atomic E-state index is -3.66. The molecule has 0 radical (unpaired) electrons. The highest BCUT2D eigenvalue weighted by Crippen LogP contribution is 2.24. The minimum Gasteiger partial charge on any atom is -0.344 e. The van der Waals surface area contributed by atoms with Crippen LogP contribution in [0.15, 0.2) is 59.8 Å². The Bertz CT molecular complexity index is 1000. The lowest BCUT2D eigenvalue weighted by atomic mass is 9.98. The number of benzene rings is 1. The molecule has 8 nitrogen and oxygen atoms in total. The molecule has 2 amide bonds. The van der Waals surface area contributed by atoms with Gasteiger partial charge in [-0.25, -0.2) is 8.42 Å². The summed E-state index contributed by atoms with van der Waals surface area (Å²) in [7, 11) is -3.66. The molecule has 1 aliphatic rings. The van der Waals surface area contributed by atoms with Crippen molar-refractivity contribution in [3.8, 4) is 0 Å². The van der Waals surface area contributed by atoms with Crippen molar-refractivity contribution in [1.82, 2.24) is 14.6 Å². The lowest BCUT2D eigenvalue weighted by Crippen LogP contribution is -2.50. The SMILES string of the molecule is CSCC[C@H](NC(=O)[C@H]1CCCN(S(=O)(=O)c2ccccc2)C1)C(=O)Nc1ccncc1. The summed E-state index contributed by atoms with van der Waals surface area (Å²) in [6.07, 6.45) is 6.73. The molecule has 1 saturated heterocycles. The van der Waals surface area contributed by atoms with Gasteiger partial charge in [0, 0.05) is 31.2 Å². The molecule has 0 spiro atoms. The zero-order valence-electron chi connectivity index (χ0n) is 17.9. The minimum absolute atomic E-state index is 0.101. The molecule has 2 heterocycles. The zero-order valence-corrected chi connectivity index (χ0v) is 19.6. The summed E-state index contributed by atoms with van der Waals surface area (Å²) in [6, 6.07) is 10.9. The van der Waals surface area contributed by atoms with Crippen LogP contribution in [0.25, 0.3) is 0 Å². The molecule has 10 heteroatoms. The maximum absolute atomic E-state index is 13.0. The first-order chi connectivity index (χ1) is 15.4. The van der Waals surface area contributed by atoms with E-state index in [-0.39, 0.29) is 23.3 Å². The Hall–Kier alpha value is -2.43. The van der Waals surface area contributed by atoms with Gasteiger partial charge in [-0.05, 0) is 55.5 Å². The number of nitrogens with one attached hydrogen (secondary N) is 2. The summed E-state index contributed by atoms with van der Waals surface area (Å²) >= 11 is 1.59. The lowest BCUT2D eigenvalue weighted by Gasteiger charge is -2.32. The van der Waals surface area contributed by atoms with Gasteiger partial charge in [0.15, 0.2) is 0 Å². The van der Waals surface area contributed by atoms with Crippen molar-refractivity contribution in [1.29, 1.82) is 0 Å². The highest BCUT2D eigenvalue weighted by molar-refractivity contribution is 7.98. The third-order valence-corrected chi connectivity index (χ3v) is 7.85. The summed E-state index contributed by atoms with van der Waals surface area (Å²) in [5.74, 6) is -0.404. The third-order valence-electron chi connectivity index (χ3n) is 5.33. The van der Waals surface area contributed by atoms with E-state index in [0.29, 0.717) is 37.2 Å². The second kappa shape index (κ2) is 11.4. The zero-order chi connectivity index (χ0) is 23.0. The molecule has 1 aromatic heterocycles. The van der Waals surface area contributed by atoms with Crippen molar-refractivity contribution >= 4 is 39.3 Å². The van der Waals surface area contributed by atoms with Crippen LogP contribution < -0.4 is 10.6 Å². The first-order valence-corrected chi connectivity index (χ1v) is 13.3. The van der Waals surface area contributed by atoms with Gasteiger partial charge in [-0.1, -0.05) is 18.2 Å². The number of nitrogens with zero attached hydrogens (tertiary/aromatic N) is 2. The van der Waals surface area contributed by atoms with E-state index in [2.05, 4.69) is 15.6 Å². The molecule has 2 N–H and O–H groups in total. The average molecular weight is 477 g/mol. The standard InChI is InChI=1S/C22H28N4O4S2/c1-31-15-11-20(22(28)24-18-9-12-23-13-10-18)25-21(27)17-6-5-14-26(16-17)32(29,30)19-7-3-2-4-8-19/h2-4,7-10,12-13,17,20H,5-6,11,14-16H2,1H3,(H,25,27)(H,23,24,28)/t17-,20-/m0/s1. The summed E-state index contributed by atoms with van der Waals surface area (Å²) in [5, 5.41) is 5.66. The largest absolute Gasteiger partial charge is 0.344 e. The predicted molar refractivity (Wildman–Crippen MR) is 126 cm³/mol. The van der Waals surface area contributed by atoms with Crippen LogP contribution in [0, 0.1) is 5.92 Å². The summed E-state index contributed by atoms with van der Waals surface area (Å²) in [4.78, 5) is 29.9. The maximum atomic E-state index is 13.0. The van der Waals surface area contributed by atoms with Crippen molar-refractivity contribution in [2.75, 3.05) is 30.4 Å². The van der Waals surface area contributed by atoms with Gasteiger partial charge in [-0.15, -0.1) is 0 Å². The van der Waals surface area contributed by atoms with Crippen LogP contribution in [0.4, 0.5) is 5.69 Å². The predicted octanol–water partition coefficient (Wildman–Crippen LogP) is 2.36. The van der Waals surface area contributed by atoms with Gasteiger partial charge in [-0.3, -0.25) is 14.6 Å². The fourth-order valence-corrected chi connectivity index (χ4v) is 5.59. The second-order valence-corrected chi connectivity index (χ2v) is 10.5. The van der Waals surface area contributed by atoms with Gasteiger partial charge in [0.05, 0.1) is 10.8 Å². The number of anilines is 1. The van der Waals surface area contributed by atoms with E-state index in [4.69, 9.17) is 0 Å². The summed E-state index contributed by atoms with van der Waals surface area (Å²) in [6.45, 7) is 0.476. The van der Waals surface area contributed by atoms with E-state index in [1.165, 1.54) is 4.31 Å². The number of amides is 2. The van der Waals surface area contributed by atoms with Crippen molar-refractivity contribution in [3.05, 3.63) is 54.9 Å². The van der Waals surface area contributed by atoms with Gasteiger partial charge >= 0.3 is 0 Å². The topological polar surface area (TPSA) is 108 Å². The number of hydrogen-bond acceptors (Lipinski definition) is 6. The molecule has 0 saturated carbocycles. The monoisotopic (exact) mass is 476 g/mol. The Balaban J connectivity index is 1.66. The Kier molecular flexibility index (Phi) is 8.66. The second-order valence-electron chi connectivity index (χ2n) is 7.58. The molecule has 1 aromatic carbocycles. The van der Waals surface area contributed by atoms with Gasteiger partial charge < -0.3 is 10.6 Å². The lowest BCUT2D eigenvalue weighted by molar-refractivity contribution is -0.130. The van der Waals surface area contributed by atoms with Crippen LogP contribution in [0.3, 0.4) is 0 Å². The first kappa shape index (κ1) is 24.2. The van der Waals surface area contributed by atoms with Crippen molar-refractivity contribution in [2.45, 2.75) is 30.2 Å². The Morgan fingerprint density at radius 1 is 1.19 bits per heavy atom. The van der Waals surface area contributed by atoms with Crippen LogP contribution >= 0.6 is 11.8 Å². The molecule has 172 valence electrons. The number of carbonyl (C=O) groups is 2. The quantitative estimate of drug-likeness (QED) is 0.575. The first-order valence-electron chi connectivity index (χ1n) is 10.5. The van der Waals surface area contributed by atoms with E-state index >= 15 is 0 Å². The van der Waals surface area contributed by atoms with Gasteiger partial charge in [0.1, 0.15) is 6.04 Å². The average Bonchev–Trinajstić information content (AvgIpc) is 2.82. The summed E-state index contributed by atoms with van der Waals surface area (Å²) < 4.78 is 27.3.